The number of benzene rings is 1. The van der Waals surface area contributed by atoms with Crippen molar-refractivity contribution in [1.82, 2.24) is 9.88 Å². The summed E-state index contributed by atoms with van der Waals surface area (Å²) in [5.41, 5.74) is 1.16. The van der Waals surface area contributed by atoms with E-state index < -0.39 is 5.97 Å². The molecule has 7 heteroatoms. The smallest absolute Gasteiger partial charge is 0.336 e. The molecule has 0 radical (unpaired) electrons. The Morgan fingerprint density at radius 1 is 1.16 bits per heavy atom. The lowest BCUT2D eigenvalue weighted by atomic mass is 10.0. The molecule has 1 N–H and O–H groups in total. The van der Waals surface area contributed by atoms with Crippen LogP contribution in [0.25, 0.3) is 10.8 Å². The van der Waals surface area contributed by atoms with E-state index in [4.69, 9.17) is 0 Å². The zero-order valence-electron chi connectivity index (χ0n) is 14.7. The van der Waals surface area contributed by atoms with Gasteiger partial charge >= 0.3 is 5.97 Å². The van der Waals surface area contributed by atoms with Gasteiger partial charge in [0.1, 0.15) is 5.82 Å². The molecule has 1 aliphatic rings. The van der Waals surface area contributed by atoms with Crippen LogP contribution >= 0.6 is 0 Å². The molecular weight excluding hydrogens is 320 g/mol. The average molecular weight is 342 g/mol. The fourth-order valence-corrected chi connectivity index (χ4v) is 3.29. The first-order valence-electron chi connectivity index (χ1n) is 8.23. The normalized spacial score (nSPS) is 14.7. The lowest BCUT2D eigenvalue weighted by molar-refractivity contribution is -0.129. The van der Waals surface area contributed by atoms with Crippen LogP contribution in [-0.4, -0.2) is 67.1 Å². The summed E-state index contributed by atoms with van der Waals surface area (Å²) in [5.74, 6) is -0.244. The zero-order valence-corrected chi connectivity index (χ0v) is 14.7. The van der Waals surface area contributed by atoms with Crippen LogP contribution in [0.4, 0.5) is 11.5 Å². The molecule has 2 heterocycles. The SMILES string of the molecule is CC(=O)N1CCN(c2cnc(N(C)C)c3c(C(=O)O)cccc23)CC1. The standard InChI is InChI=1S/C18H22N4O3/c1-12(23)21-7-9-22(10-8-21)15-11-19-17(20(2)3)16-13(15)5-4-6-14(16)18(24)25/h4-6,11H,7-10H2,1-3H3,(H,24,25). The van der Waals surface area contributed by atoms with Crippen molar-refractivity contribution in [2.24, 2.45) is 0 Å². The molecular formula is C18H22N4O3. The van der Waals surface area contributed by atoms with E-state index in [0.717, 1.165) is 11.1 Å². The Morgan fingerprint density at radius 3 is 2.40 bits per heavy atom. The van der Waals surface area contributed by atoms with Gasteiger partial charge in [0.15, 0.2) is 0 Å². The number of aromatic carboxylic acids is 1. The second-order valence-corrected chi connectivity index (χ2v) is 6.39. The quantitative estimate of drug-likeness (QED) is 0.914. The maximum Gasteiger partial charge on any atom is 0.336 e. The number of carboxylic acids is 1. The van der Waals surface area contributed by atoms with Crippen molar-refractivity contribution in [1.29, 1.82) is 0 Å². The number of piperazine rings is 1. The Hall–Kier alpha value is -2.83. The highest BCUT2D eigenvalue weighted by Crippen LogP contribution is 2.34. The first-order chi connectivity index (χ1) is 11.9. The highest BCUT2D eigenvalue weighted by Gasteiger charge is 2.23. The van der Waals surface area contributed by atoms with Crippen molar-refractivity contribution in [3.8, 4) is 0 Å². The Balaban J connectivity index is 2.09. The summed E-state index contributed by atoms with van der Waals surface area (Å²) >= 11 is 0. The minimum Gasteiger partial charge on any atom is -0.478 e. The van der Waals surface area contributed by atoms with Gasteiger partial charge in [0.05, 0.1) is 17.4 Å². The number of carboxylic acid groups (broad SMARTS) is 1. The zero-order chi connectivity index (χ0) is 18.1. The maximum atomic E-state index is 11.7. The summed E-state index contributed by atoms with van der Waals surface area (Å²) in [4.78, 5) is 33.5. The molecule has 0 atom stereocenters. The van der Waals surface area contributed by atoms with Crippen molar-refractivity contribution in [2.45, 2.75) is 6.92 Å². The predicted octanol–water partition coefficient (Wildman–Crippen LogP) is 1.67. The third kappa shape index (κ3) is 3.09. The van der Waals surface area contributed by atoms with E-state index in [1.165, 1.54) is 0 Å². The molecule has 1 amide bonds. The number of pyridine rings is 1. The molecule has 1 aliphatic heterocycles. The lowest BCUT2D eigenvalue weighted by Crippen LogP contribution is -2.48. The number of hydrogen-bond acceptors (Lipinski definition) is 5. The number of nitrogens with zero attached hydrogens (tertiary/aromatic N) is 4. The lowest BCUT2D eigenvalue weighted by Gasteiger charge is -2.36. The number of fused-ring (bicyclic) bond motifs is 1. The van der Waals surface area contributed by atoms with Crippen LogP contribution in [0.1, 0.15) is 17.3 Å². The molecule has 1 saturated heterocycles. The highest BCUT2D eigenvalue weighted by molar-refractivity contribution is 6.11. The van der Waals surface area contributed by atoms with E-state index in [9.17, 15) is 14.7 Å². The molecule has 0 spiro atoms. The Bertz CT molecular complexity index is 826. The van der Waals surface area contributed by atoms with Crippen LogP contribution in [0.15, 0.2) is 24.4 Å². The Morgan fingerprint density at radius 2 is 1.84 bits per heavy atom. The van der Waals surface area contributed by atoms with Crippen LogP contribution in [0.2, 0.25) is 0 Å². The summed E-state index contributed by atoms with van der Waals surface area (Å²) in [6, 6.07) is 5.31. The van der Waals surface area contributed by atoms with Crippen LogP contribution < -0.4 is 9.80 Å². The number of amides is 1. The van der Waals surface area contributed by atoms with E-state index in [-0.39, 0.29) is 11.5 Å². The molecule has 1 aromatic heterocycles. The molecule has 25 heavy (non-hydrogen) atoms. The Labute approximate surface area is 146 Å². The third-order valence-corrected chi connectivity index (χ3v) is 4.59. The minimum atomic E-state index is -0.964. The molecule has 0 bridgehead atoms. The highest BCUT2D eigenvalue weighted by atomic mass is 16.4. The molecule has 0 aliphatic carbocycles. The largest absolute Gasteiger partial charge is 0.478 e. The monoisotopic (exact) mass is 342 g/mol. The number of rotatable bonds is 3. The number of aromatic nitrogens is 1. The molecule has 3 rings (SSSR count). The van der Waals surface area contributed by atoms with Gasteiger partial charge < -0.3 is 19.8 Å². The predicted molar refractivity (Wildman–Crippen MR) is 97.5 cm³/mol. The summed E-state index contributed by atoms with van der Waals surface area (Å²) < 4.78 is 0. The van der Waals surface area contributed by atoms with E-state index >= 15 is 0 Å². The minimum absolute atomic E-state index is 0.0822. The van der Waals surface area contributed by atoms with Gasteiger partial charge in [0.2, 0.25) is 5.91 Å². The van der Waals surface area contributed by atoms with E-state index in [0.29, 0.717) is 37.4 Å². The van der Waals surface area contributed by atoms with Gasteiger partial charge in [0, 0.05) is 58.0 Å². The van der Waals surface area contributed by atoms with Crippen LogP contribution in [-0.2, 0) is 4.79 Å². The topological polar surface area (TPSA) is 77.0 Å². The second kappa shape index (κ2) is 6.58. The molecule has 132 valence electrons. The number of carbonyl (C=O) groups excluding carboxylic acids is 1. The fourth-order valence-electron chi connectivity index (χ4n) is 3.29. The first-order valence-corrected chi connectivity index (χ1v) is 8.23. The van der Waals surface area contributed by atoms with E-state index in [1.54, 1.807) is 25.3 Å². The van der Waals surface area contributed by atoms with Gasteiger partial charge in [-0.2, -0.15) is 0 Å². The number of anilines is 2. The molecule has 1 fully saturated rings. The van der Waals surface area contributed by atoms with Crippen molar-refractivity contribution < 1.29 is 14.7 Å². The summed E-state index contributed by atoms with van der Waals surface area (Å²) in [6.45, 7) is 4.30. The van der Waals surface area contributed by atoms with Gasteiger partial charge in [-0.05, 0) is 6.07 Å². The maximum absolute atomic E-state index is 11.7. The van der Waals surface area contributed by atoms with Crippen LogP contribution in [0.5, 0.6) is 0 Å². The van der Waals surface area contributed by atoms with Gasteiger partial charge in [-0.3, -0.25) is 4.79 Å². The Kier molecular flexibility index (Phi) is 4.48. The molecule has 7 nitrogen and oxygen atoms in total. The second-order valence-electron chi connectivity index (χ2n) is 6.39. The third-order valence-electron chi connectivity index (χ3n) is 4.59. The van der Waals surface area contributed by atoms with Gasteiger partial charge in [0.25, 0.3) is 0 Å². The summed E-state index contributed by atoms with van der Waals surface area (Å²) in [7, 11) is 3.71. The van der Waals surface area contributed by atoms with Gasteiger partial charge in [-0.1, -0.05) is 12.1 Å². The van der Waals surface area contributed by atoms with Crippen LogP contribution in [0, 0.1) is 0 Å². The van der Waals surface area contributed by atoms with E-state index in [1.807, 2.05) is 30.0 Å². The van der Waals surface area contributed by atoms with E-state index in [2.05, 4.69) is 9.88 Å². The summed E-state index contributed by atoms with van der Waals surface area (Å²) in [5, 5.41) is 11.1. The first kappa shape index (κ1) is 17.0. The molecule has 1 aromatic carbocycles. The van der Waals surface area contributed by atoms with Gasteiger partial charge in [-0.15, -0.1) is 0 Å². The number of carbonyl (C=O) groups is 2. The molecule has 0 saturated carbocycles. The molecule has 0 unspecified atom stereocenters. The van der Waals surface area contributed by atoms with Crippen molar-refractivity contribution in [3.05, 3.63) is 30.0 Å². The van der Waals surface area contributed by atoms with Crippen LogP contribution in [0.3, 0.4) is 0 Å². The number of hydrogen-bond donors (Lipinski definition) is 1. The van der Waals surface area contributed by atoms with Crippen molar-refractivity contribution >= 4 is 34.2 Å². The van der Waals surface area contributed by atoms with Crippen molar-refractivity contribution in [2.75, 3.05) is 50.1 Å². The fraction of sp³-hybridized carbons (Fsp3) is 0.389. The molecule has 2 aromatic rings. The summed E-state index contributed by atoms with van der Waals surface area (Å²) in [6.07, 6.45) is 1.80. The van der Waals surface area contributed by atoms with Gasteiger partial charge in [-0.25, -0.2) is 9.78 Å². The average Bonchev–Trinajstić information content (AvgIpc) is 2.60. The van der Waals surface area contributed by atoms with Crippen molar-refractivity contribution in [3.63, 3.8) is 0 Å².